The van der Waals surface area contributed by atoms with Gasteiger partial charge in [0.05, 0.1) is 11.8 Å². The van der Waals surface area contributed by atoms with Gasteiger partial charge >= 0.3 is 5.97 Å². The van der Waals surface area contributed by atoms with Crippen molar-refractivity contribution in [2.24, 2.45) is 0 Å². The molecule has 0 unspecified atom stereocenters. The number of nitrogens with zero attached hydrogens (tertiary/aromatic N) is 2. The van der Waals surface area contributed by atoms with E-state index in [0.29, 0.717) is 35.5 Å². The van der Waals surface area contributed by atoms with Crippen LogP contribution in [0.4, 0.5) is 11.5 Å². The number of carboxylic acid groups (broad SMARTS) is 1. The number of hydrogen-bond acceptors (Lipinski definition) is 5. The number of benzene rings is 2. The molecule has 8 nitrogen and oxygen atoms in total. The number of ketones is 1. The van der Waals surface area contributed by atoms with Gasteiger partial charge in [0.1, 0.15) is 17.4 Å². The van der Waals surface area contributed by atoms with Crippen molar-refractivity contribution in [3.63, 3.8) is 0 Å². The lowest BCUT2D eigenvalue weighted by molar-refractivity contribution is -0.116. The largest absolute Gasteiger partial charge is 0.478 e. The molecule has 3 N–H and O–H groups in total. The zero-order chi connectivity index (χ0) is 22.2. The number of hydrogen-bond donors (Lipinski definition) is 3. The van der Waals surface area contributed by atoms with E-state index in [0.717, 1.165) is 17.7 Å². The minimum atomic E-state index is -1.02. The smallest absolute Gasteiger partial charge is 0.335 e. The molecular formula is C24H20N4O4. The van der Waals surface area contributed by atoms with E-state index in [2.05, 4.69) is 15.7 Å². The number of rotatable bonds is 4. The number of amides is 1. The Morgan fingerprint density at radius 1 is 1.06 bits per heavy atom. The molecular weight excluding hydrogens is 408 g/mol. The van der Waals surface area contributed by atoms with Gasteiger partial charge in [-0.25, -0.2) is 9.48 Å². The fourth-order valence-corrected chi connectivity index (χ4v) is 4.26. The van der Waals surface area contributed by atoms with E-state index in [1.54, 1.807) is 28.9 Å². The molecule has 0 saturated carbocycles. The lowest BCUT2D eigenvalue weighted by atomic mass is 9.85. The molecule has 8 heteroatoms. The summed E-state index contributed by atoms with van der Waals surface area (Å²) in [4.78, 5) is 37.1. The quantitative estimate of drug-likeness (QED) is 0.582. The number of anilines is 2. The number of aromatic nitrogens is 2. The van der Waals surface area contributed by atoms with Crippen LogP contribution in [0.2, 0.25) is 0 Å². The average molecular weight is 428 g/mol. The Kier molecular flexibility index (Phi) is 4.82. The Morgan fingerprint density at radius 2 is 1.81 bits per heavy atom. The van der Waals surface area contributed by atoms with Crippen molar-refractivity contribution in [2.45, 2.75) is 25.3 Å². The molecule has 1 amide bonds. The molecule has 1 aliphatic carbocycles. The highest BCUT2D eigenvalue weighted by atomic mass is 16.4. The van der Waals surface area contributed by atoms with E-state index in [-0.39, 0.29) is 17.3 Å². The van der Waals surface area contributed by atoms with Crippen LogP contribution >= 0.6 is 0 Å². The lowest BCUT2D eigenvalue weighted by Gasteiger charge is -2.33. The number of Topliss-reactive ketones (excluding diaryl/α,β-unsaturated/α-hetero) is 1. The van der Waals surface area contributed by atoms with Gasteiger partial charge in [-0.1, -0.05) is 30.3 Å². The molecule has 0 radical (unpaired) electrons. The molecule has 1 atom stereocenters. The molecule has 0 spiro atoms. The van der Waals surface area contributed by atoms with Crippen LogP contribution in [0.15, 0.2) is 72.1 Å². The number of carbonyl (C=O) groups excluding carboxylic acids is 2. The highest BCUT2D eigenvalue weighted by molar-refractivity contribution is 6.08. The minimum absolute atomic E-state index is 0.0301. The third-order valence-corrected chi connectivity index (χ3v) is 5.79. The summed E-state index contributed by atoms with van der Waals surface area (Å²) in [7, 11) is 0. The van der Waals surface area contributed by atoms with Gasteiger partial charge in [0.25, 0.3) is 5.91 Å². The van der Waals surface area contributed by atoms with Gasteiger partial charge in [0, 0.05) is 23.4 Å². The van der Waals surface area contributed by atoms with Gasteiger partial charge in [-0.15, -0.1) is 0 Å². The van der Waals surface area contributed by atoms with Gasteiger partial charge in [0.2, 0.25) is 0 Å². The van der Waals surface area contributed by atoms with E-state index in [4.69, 9.17) is 0 Å². The van der Waals surface area contributed by atoms with Gasteiger partial charge in [0.15, 0.2) is 5.78 Å². The van der Waals surface area contributed by atoms with Crippen molar-refractivity contribution < 1.29 is 19.5 Å². The molecule has 3 aromatic rings. The van der Waals surface area contributed by atoms with Gasteiger partial charge in [-0.2, -0.15) is 5.10 Å². The Balaban J connectivity index is 1.57. The first kappa shape index (κ1) is 19.7. The monoisotopic (exact) mass is 428 g/mol. The summed E-state index contributed by atoms with van der Waals surface area (Å²) in [5.41, 5.74) is 3.33. The standard InChI is InChI=1S/C24H20N4O4/c29-19-8-4-7-18-20(19)21(14-9-11-15(12-10-14)24(31)32)28-22(27-18)17(13-25-28)23(30)26-16-5-2-1-3-6-16/h1-3,5-6,9-13,21,27H,4,7-8H2,(H,26,30)(H,31,32)/t21-/m1/s1. The van der Waals surface area contributed by atoms with Crippen molar-refractivity contribution in [1.29, 1.82) is 0 Å². The summed E-state index contributed by atoms with van der Waals surface area (Å²) in [6, 6.07) is 15.0. The molecule has 2 heterocycles. The van der Waals surface area contributed by atoms with Gasteiger partial charge in [-0.05, 0) is 42.7 Å². The average Bonchev–Trinajstić information content (AvgIpc) is 3.22. The number of allylic oxidation sites excluding steroid dienone is 2. The summed E-state index contributed by atoms with van der Waals surface area (Å²) < 4.78 is 1.64. The summed E-state index contributed by atoms with van der Waals surface area (Å²) in [6.07, 6.45) is 3.36. The molecule has 5 rings (SSSR count). The summed E-state index contributed by atoms with van der Waals surface area (Å²) in [6.45, 7) is 0. The predicted molar refractivity (Wildman–Crippen MR) is 118 cm³/mol. The maximum atomic E-state index is 13.0. The molecule has 1 aromatic heterocycles. The van der Waals surface area contributed by atoms with Crippen LogP contribution in [0.25, 0.3) is 0 Å². The Bertz CT molecular complexity index is 1260. The Hall–Kier alpha value is -4.20. The minimum Gasteiger partial charge on any atom is -0.478 e. The Labute approximate surface area is 183 Å². The van der Waals surface area contributed by atoms with Crippen LogP contribution in [0, 0.1) is 0 Å². The summed E-state index contributed by atoms with van der Waals surface area (Å²) in [5.74, 6) is -0.784. The van der Waals surface area contributed by atoms with Crippen LogP contribution in [-0.2, 0) is 4.79 Å². The molecule has 0 fully saturated rings. The number of aromatic carboxylic acids is 1. The normalized spacial score (nSPS) is 17.2. The van der Waals surface area contributed by atoms with Crippen molar-refractivity contribution in [3.05, 3.63) is 88.8 Å². The van der Waals surface area contributed by atoms with Crippen molar-refractivity contribution in [1.82, 2.24) is 9.78 Å². The maximum absolute atomic E-state index is 13.0. The predicted octanol–water partition coefficient (Wildman–Crippen LogP) is 3.86. The van der Waals surface area contributed by atoms with Crippen LogP contribution in [-0.4, -0.2) is 32.5 Å². The number of carbonyl (C=O) groups is 3. The third-order valence-electron chi connectivity index (χ3n) is 5.79. The van der Waals surface area contributed by atoms with E-state index in [1.807, 2.05) is 18.2 Å². The van der Waals surface area contributed by atoms with Crippen molar-refractivity contribution >= 4 is 29.2 Å². The topological polar surface area (TPSA) is 113 Å². The molecule has 2 aromatic carbocycles. The fourth-order valence-electron chi connectivity index (χ4n) is 4.26. The summed E-state index contributed by atoms with van der Waals surface area (Å²) >= 11 is 0. The van der Waals surface area contributed by atoms with Gasteiger partial charge < -0.3 is 15.7 Å². The van der Waals surface area contributed by atoms with Crippen LogP contribution < -0.4 is 10.6 Å². The second-order valence-electron chi connectivity index (χ2n) is 7.80. The first-order chi connectivity index (χ1) is 15.5. The number of nitrogens with one attached hydrogen (secondary N) is 2. The first-order valence-corrected chi connectivity index (χ1v) is 10.3. The van der Waals surface area contributed by atoms with Crippen LogP contribution in [0.3, 0.4) is 0 Å². The first-order valence-electron chi connectivity index (χ1n) is 10.3. The van der Waals surface area contributed by atoms with Crippen LogP contribution in [0.1, 0.15) is 51.6 Å². The maximum Gasteiger partial charge on any atom is 0.335 e. The molecule has 1 aliphatic heterocycles. The lowest BCUT2D eigenvalue weighted by Crippen LogP contribution is -2.32. The summed E-state index contributed by atoms with van der Waals surface area (Å²) in [5, 5.41) is 19.8. The fraction of sp³-hybridized carbons (Fsp3) is 0.167. The van der Waals surface area contributed by atoms with E-state index in [1.165, 1.54) is 18.3 Å². The van der Waals surface area contributed by atoms with E-state index < -0.39 is 12.0 Å². The Morgan fingerprint density at radius 3 is 2.53 bits per heavy atom. The van der Waals surface area contributed by atoms with E-state index in [9.17, 15) is 19.5 Å². The number of para-hydroxylation sites is 1. The molecule has 0 saturated heterocycles. The zero-order valence-corrected chi connectivity index (χ0v) is 17.0. The highest BCUT2D eigenvalue weighted by Crippen LogP contribution is 2.41. The van der Waals surface area contributed by atoms with Gasteiger partial charge in [-0.3, -0.25) is 9.59 Å². The molecule has 0 bridgehead atoms. The highest BCUT2D eigenvalue weighted by Gasteiger charge is 2.37. The zero-order valence-electron chi connectivity index (χ0n) is 17.0. The number of fused-ring (bicyclic) bond motifs is 1. The number of carboxylic acids is 1. The van der Waals surface area contributed by atoms with Crippen molar-refractivity contribution in [3.8, 4) is 0 Å². The second-order valence-corrected chi connectivity index (χ2v) is 7.80. The van der Waals surface area contributed by atoms with Crippen LogP contribution in [0.5, 0.6) is 0 Å². The third kappa shape index (κ3) is 3.35. The molecule has 160 valence electrons. The molecule has 2 aliphatic rings. The second kappa shape index (κ2) is 7.81. The van der Waals surface area contributed by atoms with Crippen molar-refractivity contribution in [2.75, 3.05) is 10.6 Å². The molecule has 32 heavy (non-hydrogen) atoms. The van der Waals surface area contributed by atoms with E-state index >= 15 is 0 Å². The SMILES string of the molecule is O=C1CCCC2=C1[C@@H](c1ccc(C(=O)O)cc1)n1ncc(C(=O)Nc3ccccc3)c1N2.